The molecule has 0 radical (unpaired) electrons. The molecule has 2 fully saturated rings. The summed E-state index contributed by atoms with van der Waals surface area (Å²) in [4.78, 5) is 22.3. The number of aromatic nitrogens is 4. The largest absolute Gasteiger partial charge is 0.480 e. The van der Waals surface area contributed by atoms with Crippen LogP contribution in [0.5, 0.6) is 5.88 Å². The number of halogens is 3. The molecule has 12 heteroatoms. The monoisotopic (exact) mass is 648 g/mol. The summed E-state index contributed by atoms with van der Waals surface area (Å²) in [6.07, 6.45) is -3.42. The summed E-state index contributed by atoms with van der Waals surface area (Å²) in [6.45, 7) is 11.2. The Balaban J connectivity index is 1.33. The van der Waals surface area contributed by atoms with Crippen molar-refractivity contribution in [1.82, 2.24) is 25.1 Å². The van der Waals surface area contributed by atoms with E-state index in [-0.39, 0.29) is 28.4 Å². The summed E-state index contributed by atoms with van der Waals surface area (Å²) < 4.78 is 52.1. The zero-order valence-electron chi connectivity index (χ0n) is 27.1. The van der Waals surface area contributed by atoms with Crippen LogP contribution in [0.25, 0.3) is 16.8 Å². The Hall–Kier alpha value is -4.45. The SMILES string of the molecule is Cc1cc(C)c(-c2ccc([C@@H](Oc3cc(N4CCC5(CC4)CN[C@H](C(=O)O)C5)nc(C)n3)C(F)(F)F)c(-n3ccc(C)n3)c2)c(C)c1. The number of carbonyl (C=O) groups is 1. The van der Waals surface area contributed by atoms with Gasteiger partial charge in [0.15, 0.2) is 0 Å². The van der Waals surface area contributed by atoms with Gasteiger partial charge in [0.05, 0.1) is 11.4 Å². The van der Waals surface area contributed by atoms with Gasteiger partial charge in [-0.15, -0.1) is 0 Å². The lowest BCUT2D eigenvalue weighted by Crippen LogP contribution is -2.41. The van der Waals surface area contributed by atoms with Crippen LogP contribution in [0.4, 0.5) is 19.0 Å². The van der Waals surface area contributed by atoms with Crippen molar-refractivity contribution in [1.29, 1.82) is 0 Å². The van der Waals surface area contributed by atoms with Crippen molar-refractivity contribution >= 4 is 11.8 Å². The van der Waals surface area contributed by atoms with Crippen molar-refractivity contribution in [3.63, 3.8) is 0 Å². The maximum absolute atomic E-state index is 14.9. The van der Waals surface area contributed by atoms with E-state index < -0.39 is 24.3 Å². The van der Waals surface area contributed by atoms with E-state index in [0.717, 1.165) is 40.7 Å². The first kappa shape index (κ1) is 32.5. The van der Waals surface area contributed by atoms with Crippen LogP contribution in [0.2, 0.25) is 0 Å². The minimum Gasteiger partial charge on any atom is -0.480 e. The normalized spacial score (nSPS) is 18.5. The van der Waals surface area contributed by atoms with Gasteiger partial charge in [-0.25, -0.2) is 9.67 Å². The number of aryl methyl sites for hydroxylation is 5. The van der Waals surface area contributed by atoms with Crippen LogP contribution < -0.4 is 15.0 Å². The highest BCUT2D eigenvalue weighted by molar-refractivity contribution is 5.74. The number of anilines is 1. The van der Waals surface area contributed by atoms with E-state index in [4.69, 9.17) is 4.74 Å². The fraction of sp³-hybridized carbons (Fsp3) is 0.429. The average Bonchev–Trinajstić information content (AvgIpc) is 3.62. The van der Waals surface area contributed by atoms with Gasteiger partial charge in [0.25, 0.3) is 0 Å². The van der Waals surface area contributed by atoms with E-state index in [2.05, 4.69) is 32.5 Å². The molecule has 0 amide bonds. The molecule has 1 spiro atoms. The Morgan fingerprint density at radius 2 is 1.72 bits per heavy atom. The van der Waals surface area contributed by atoms with Gasteiger partial charge >= 0.3 is 12.1 Å². The number of carboxylic acid groups (broad SMARTS) is 1. The molecule has 9 nitrogen and oxygen atoms in total. The molecule has 6 rings (SSSR count). The maximum Gasteiger partial charge on any atom is 0.429 e. The van der Waals surface area contributed by atoms with Gasteiger partial charge in [0.1, 0.15) is 17.7 Å². The predicted molar refractivity (Wildman–Crippen MR) is 172 cm³/mol. The Kier molecular flexibility index (Phi) is 8.50. The molecule has 0 saturated carbocycles. The van der Waals surface area contributed by atoms with Crippen LogP contribution in [0.3, 0.4) is 0 Å². The fourth-order valence-electron chi connectivity index (χ4n) is 7.16. The van der Waals surface area contributed by atoms with Gasteiger partial charge in [-0.1, -0.05) is 29.8 Å². The van der Waals surface area contributed by atoms with E-state index in [9.17, 15) is 23.1 Å². The van der Waals surface area contributed by atoms with E-state index >= 15 is 0 Å². The summed E-state index contributed by atoms with van der Waals surface area (Å²) in [7, 11) is 0. The third kappa shape index (κ3) is 6.69. The highest BCUT2D eigenvalue weighted by Crippen LogP contribution is 2.43. The van der Waals surface area contributed by atoms with Gasteiger partial charge in [-0.3, -0.25) is 4.79 Å². The predicted octanol–water partition coefficient (Wildman–Crippen LogP) is 6.59. The number of carboxylic acids is 1. The lowest BCUT2D eigenvalue weighted by atomic mass is 9.76. The minimum atomic E-state index is -4.78. The topological polar surface area (TPSA) is 105 Å². The molecule has 2 N–H and O–H groups in total. The molecule has 2 saturated heterocycles. The Labute approximate surface area is 271 Å². The molecule has 2 atom stereocenters. The van der Waals surface area contributed by atoms with Gasteiger partial charge in [-0.2, -0.15) is 23.3 Å². The van der Waals surface area contributed by atoms with E-state index in [1.165, 1.54) is 16.8 Å². The number of hydrogen-bond donors (Lipinski definition) is 2. The summed E-state index contributed by atoms with van der Waals surface area (Å²) in [5.41, 5.74) is 5.62. The lowest BCUT2D eigenvalue weighted by molar-refractivity contribution is -0.198. The molecule has 4 aromatic rings. The summed E-state index contributed by atoms with van der Waals surface area (Å²) >= 11 is 0. The molecular weight excluding hydrogens is 609 g/mol. The number of ether oxygens (including phenoxy) is 1. The van der Waals surface area contributed by atoms with Crippen molar-refractivity contribution in [2.45, 2.75) is 72.2 Å². The van der Waals surface area contributed by atoms with Gasteiger partial charge in [-0.05, 0) is 93.7 Å². The van der Waals surface area contributed by atoms with Gasteiger partial charge in [0.2, 0.25) is 12.0 Å². The van der Waals surface area contributed by atoms with Crippen LogP contribution in [0.15, 0.2) is 48.7 Å². The molecule has 2 aromatic heterocycles. The van der Waals surface area contributed by atoms with Crippen LogP contribution in [-0.2, 0) is 4.79 Å². The number of alkyl halides is 3. The zero-order valence-corrected chi connectivity index (χ0v) is 27.1. The highest BCUT2D eigenvalue weighted by Gasteiger charge is 2.46. The Bertz CT molecular complexity index is 1790. The minimum absolute atomic E-state index is 0.0915. The first-order valence-corrected chi connectivity index (χ1v) is 15.8. The Morgan fingerprint density at radius 1 is 1.02 bits per heavy atom. The Morgan fingerprint density at radius 3 is 2.32 bits per heavy atom. The third-order valence-electron chi connectivity index (χ3n) is 9.39. The highest BCUT2D eigenvalue weighted by atomic mass is 19.4. The summed E-state index contributed by atoms with van der Waals surface area (Å²) in [5, 5.41) is 17.0. The molecule has 248 valence electrons. The fourth-order valence-corrected chi connectivity index (χ4v) is 7.16. The van der Waals surface area contributed by atoms with Crippen molar-refractivity contribution < 1.29 is 27.8 Å². The number of hydrogen-bond acceptors (Lipinski definition) is 7. The molecular formula is C35H39F3N6O3. The number of nitrogens with zero attached hydrogens (tertiary/aromatic N) is 5. The first-order chi connectivity index (χ1) is 22.2. The molecule has 0 bridgehead atoms. The number of benzene rings is 2. The standard InChI is InChI=1S/C35H39F3N6O3/c1-20-14-21(2)31(22(3)15-20)25-6-7-26(28(16-25)44-11-8-23(4)42-44)32(35(36,37)38)47-30-17-29(40-24(5)41-30)43-12-9-34(10-13-43)18-27(33(45)46)39-19-34/h6-8,11,14-17,27,32,39H,9-10,12-13,18-19H2,1-5H3,(H,45,46)/t27-,32+/m0/s1. The van der Waals surface area contributed by atoms with Crippen molar-refractivity contribution in [2.75, 3.05) is 24.5 Å². The zero-order chi connectivity index (χ0) is 33.7. The summed E-state index contributed by atoms with van der Waals surface area (Å²) in [6, 6.07) is 11.7. The molecule has 47 heavy (non-hydrogen) atoms. The molecule has 2 aromatic carbocycles. The van der Waals surface area contributed by atoms with Crippen molar-refractivity contribution in [3.8, 4) is 22.7 Å². The van der Waals surface area contributed by atoms with Crippen molar-refractivity contribution in [3.05, 3.63) is 82.4 Å². The summed E-state index contributed by atoms with van der Waals surface area (Å²) in [5.74, 6) is -0.263. The van der Waals surface area contributed by atoms with E-state index in [0.29, 0.717) is 37.6 Å². The second kappa shape index (κ2) is 12.3. The average molecular weight is 649 g/mol. The molecule has 0 aliphatic carbocycles. The van der Waals surface area contributed by atoms with Crippen LogP contribution in [0, 0.1) is 40.0 Å². The van der Waals surface area contributed by atoms with Crippen LogP contribution in [-0.4, -0.2) is 62.7 Å². The number of piperidine rings is 1. The third-order valence-corrected chi connectivity index (χ3v) is 9.39. The number of rotatable bonds is 7. The number of nitrogens with one attached hydrogen (secondary N) is 1. The molecule has 2 aliphatic rings. The maximum atomic E-state index is 14.9. The quantitative estimate of drug-likeness (QED) is 0.232. The van der Waals surface area contributed by atoms with Crippen LogP contribution >= 0.6 is 0 Å². The van der Waals surface area contributed by atoms with Gasteiger partial charge < -0.3 is 20.1 Å². The van der Waals surface area contributed by atoms with E-state index in [1.807, 2.05) is 25.7 Å². The molecule has 4 heterocycles. The molecule has 0 unspecified atom stereocenters. The van der Waals surface area contributed by atoms with Crippen molar-refractivity contribution in [2.24, 2.45) is 5.41 Å². The smallest absolute Gasteiger partial charge is 0.429 e. The van der Waals surface area contributed by atoms with Crippen LogP contribution in [0.1, 0.15) is 59.1 Å². The van der Waals surface area contributed by atoms with E-state index in [1.54, 1.807) is 38.2 Å². The lowest BCUT2D eigenvalue weighted by Gasteiger charge is -2.39. The second-order valence-electron chi connectivity index (χ2n) is 13.1. The number of aliphatic carboxylic acids is 1. The van der Waals surface area contributed by atoms with Gasteiger partial charge in [0, 0.05) is 37.5 Å². The molecule has 2 aliphatic heterocycles. The first-order valence-electron chi connectivity index (χ1n) is 15.8. The second-order valence-corrected chi connectivity index (χ2v) is 13.1.